The molecule has 1 heterocycles. The molecule has 0 aromatic carbocycles. The number of nitrogens with one attached hydrogen (secondary N) is 1. The predicted molar refractivity (Wildman–Crippen MR) is 65.2 cm³/mol. The lowest BCUT2D eigenvalue weighted by molar-refractivity contribution is -0.123. The summed E-state index contributed by atoms with van der Waals surface area (Å²) in [6, 6.07) is 2.26. The molecule has 94 valence electrons. The van der Waals surface area contributed by atoms with Crippen LogP contribution >= 0.6 is 0 Å². The molecule has 0 spiro atoms. The summed E-state index contributed by atoms with van der Waals surface area (Å²) in [6.07, 6.45) is 5.77. The standard InChI is InChI=1S/C13H21N3O/c1-13(10-14,11-5-6-11)15-12(17)9-16-7-3-2-4-8-16/h11H,2-9H2,1H3,(H,15,17). The number of likely N-dealkylation sites (tertiary alicyclic amines) is 1. The van der Waals surface area contributed by atoms with E-state index in [9.17, 15) is 10.1 Å². The molecular weight excluding hydrogens is 214 g/mol. The Morgan fingerprint density at radius 2 is 2.06 bits per heavy atom. The van der Waals surface area contributed by atoms with Crippen molar-refractivity contribution in [3.05, 3.63) is 0 Å². The highest BCUT2D eigenvalue weighted by atomic mass is 16.2. The number of rotatable bonds is 4. The summed E-state index contributed by atoms with van der Waals surface area (Å²) in [5.74, 6) is 0.362. The monoisotopic (exact) mass is 235 g/mol. The summed E-state index contributed by atoms with van der Waals surface area (Å²) in [6.45, 7) is 4.32. The summed E-state index contributed by atoms with van der Waals surface area (Å²) in [7, 11) is 0. The molecule has 1 amide bonds. The molecule has 17 heavy (non-hydrogen) atoms. The maximum atomic E-state index is 11.9. The van der Waals surface area contributed by atoms with Crippen LogP contribution in [0.1, 0.15) is 39.0 Å². The van der Waals surface area contributed by atoms with Crippen LogP contribution in [0, 0.1) is 17.2 Å². The first kappa shape index (κ1) is 12.4. The van der Waals surface area contributed by atoms with Crippen LogP contribution in [0.3, 0.4) is 0 Å². The number of piperidine rings is 1. The minimum Gasteiger partial charge on any atom is -0.337 e. The Morgan fingerprint density at radius 1 is 1.41 bits per heavy atom. The maximum absolute atomic E-state index is 11.9. The molecule has 1 saturated carbocycles. The van der Waals surface area contributed by atoms with Crippen LogP contribution in [0.15, 0.2) is 0 Å². The molecule has 1 N–H and O–H groups in total. The van der Waals surface area contributed by atoms with E-state index in [-0.39, 0.29) is 5.91 Å². The maximum Gasteiger partial charge on any atom is 0.235 e. The first-order valence-corrected chi connectivity index (χ1v) is 6.59. The number of nitriles is 1. The highest BCUT2D eigenvalue weighted by Gasteiger charge is 2.43. The van der Waals surface area contributed by atoms with Gasteiger partial charge in [-0.05, 0) is 51.6 Å². The van der Waals surface area contributed by atoms with Crippen molar-refractivity contribution in [2.24, 2.45) is 5.92 Å². The van der Waals surface area contributed by atoms with E-state index in [1.807, 2.05) is 6.92 Å². The number of carbonyl (C=O) groups is 1. The third-order valence-electron chi connectivity index (χ3n) is 3.84. The molecule has 4 heteroatoms. The van der Waals surface area contributed by atoms with E-state index < -0.39 is 5.54 Å². The fourth-order valence-electron chi connectivity index (χ4n) is 2.53. The SMILES string of the molecule is CC(C#N)(NC(=O)CN1CCCCC1)C1CC1. The Labute approximate surface area is 103 Å². The Bertz CT molecular complexity index is 326. The second kappa shape index (κ2) is 5.05. The topological polar surface area (TPSA) is 56.1 Å². The molecule has 0 radical (unpaired) electrons. The number of nitrogens with zero attached hydrogens (tertiary/aromatic N) is 2. The van der Waals surface area contributed by atoms with Crippen molar-refractivity contribution in [3.8, 4) is 6.07 Å². The Hall–Kier alpha value is -1.08. The number of amides is 1. The van der Waals surface area contributed by atoms with Gasteiger partial charge in [0.15, 0.2) is 0 Å². The molecule has 0 aromatic heterocycles. The first-order valence-electron chi connectivity index (χ1n) is 6.59. The van der Waals surface area contributed by atoms with Gasteiger partial charge in [0.25, 0.3) is 0 Å². The molecule has 1 unspecified atom stereocenters. The van der Waals surface area contributed by atoms with Gasteiger partial charge in [-0.2, -0.15) is 5.26 Å². The zero-order valence-corrected chi connectivity index (χ0v) is 10.5. The van der Waals surface area contributed by atoms with E-state index in [0.29, 0.717) is 12.5 Å². The quantitative estimate of drug-likeness (QED) is 0.798. The average molecular weight is 235 g/mol. The second-order valence-electron chi connectivity index (χ2n) is 5.47. The predicted octanol–water partition coefficient (Wildman–Crippen LogP) is 1.28. The molecule has 1 aliphatic heterocycles. The lowest BCUT2D eigenvalue weighted by Gasteiger charge is -2.28. The minimum absolute atomic E-state index is 0.00264. The zero-order valence-electron chi connectivity index (χ0n) is 10.5. The van der Waals surface area contributed by atoms with E-state index in [0.717, 1.165) is 25.9 Å². The number of carbonyl (C=O) groups excluding carboxylic acids is 1. The van der Waals surface area contributed by atoms with Gasteiger partial charge >= 0.3 is 0 Å². The van der Waals surface area contributed by atoms with Crippen molar-refractivity contribution in [2.75, 3.05) is 19.6 Å². The third kappa shape index (κ3) is 3.19. The van der Waals surface area contributed by atoms with Gasteiger partial charge in [0.2, 0.25) is 5.91 Å². The zero-order chi connectivity index (χ0) is 12.3. The van der Waals surface area contributed by atoms with E-state index >= 15 is 0 Å². The van der Waals surface area contributed by atoms with Gasteiger partial charge in [-0.25, -0.2) is 0 Å². The van der Waals surface area contributed by atoms with Crippen LogP contribution < -0.4 is 5.32 Å². The molecule has 1 atom stereocenters. The van der Waals surface area contributed by atoms with Gasteiger partial charge in [-0.1, -0.05) is 6.42 Å². The number of hydrogen-bond donors (Lipinski definition) is 1. The highest BCUT2D eigenvalue weighted by molar-refractivity contribution is 5.79. The van der Waals surface area contributed by atoms with Gasteiger partial charge in [0.05, 0.1) is 12.6 Å². The van der Waals surface area contributed by atoms with Gasteiger partial charge < -0.3 is 5.32 Å². The Balaban J connectivity index is 1.81. The van der Waals surface area contributed by atoms with E-state index in [2.05, 4.69) is 16.3 Å². The van der Waals surface area contributed by atoms with Crippen LogP contribution in [0.4, 0.5) is 0 Å². The molecule has 1 saturated heterocycles. The Morgan fingerprint density at radius 3 is 2.59 bits per heavy atom. The molecule has 2 aliphatic rings. The normalized spacial score (nSPS) is 24.7. The molecule has 0 bridgehead atoms. The molecule has 1 aliphatic carbocycles. The van der Waals surface area contributed by atoms with Crippen molar-refractivity contribution in [2.45, 2.75) is 44.6 Å². The van der Waals surface area contributed by atoms with Crippen molar-refractivity contribution in [1.29, 1.82) is 5.26 Å². The summed E-state index contributed by atoms with van der Waals surface area (Å²) in [5.41, 5.74) is -0.646. The summed E-state index contributed by atoms with van der Waals surface area (Å²) in [4.78, 5) is 14.1. The molecule has 4 nitrogen and oxygen atoms in total. The van der Waals surface area contributed by atoms with Crippen molar-refractivity contribution < 1.29 is 4.79 Å². The van der Waals surface area contributed by atoms with Crippen molar-refractivity contribution in [3.63, 3.8) is 0 Å². The smallest absolute Gasteiger partial charge is 0.235 e. The second-order valence-corrected chi connectivity index (χ2v) is 5.47. The van der Waals surface area contributed by atoms with Crippen molar-refractivity contribution >= 4 is 5.91 Å². The molecule has 2 rings (SSSR count). The van der Waals surface area contributed by atoms with Gasteiger partial charge in [0.1, 0.15) is 5.54 Å². The van der Waals surface area contributed by atoms with Crippen molar-refractivity contribution in [1.82, 2.24) is 10.2 Å². The summed E-state index contributed by atoms with van der Waals surface area (Å²) < 4.78 is 0. The minimum atomic E-state index is -0.646. The van der Waals surface area contributed by atoms with Crippen LogP contribution in [0.25, 0.3) is 0 Å². The Kier molecular flexibility index (Phi) is 3.68. The first-order chi connectivity index (χ1) is 8.14. The lowest BCUT2D eigenvalue weighted by atomic mass is 9.98. The third-order valence-corrected chi connectivity index (χ3v) is 3.84. The lowest BCUT2D eigenvalue weighted by Crippen LogP contribution is -2.50. The van der Waals surface area contributed by atoms with Gasteiger partial charge in [0, 0.05) is 0 Å². The molecule has 0 aromatic rings. The highest BCUT2D eigenvalue weighted by Crippen LogP contribution is 2.39. The van der Waals surface area contributed by atoms with Gasteiger partial charge in [-0.3, -0.25) is 9.69 Å². The fraction of sp³-hybridized carbons (Fsp3) is 0.846. The number of hydrogen-bond acceptors (Lipinski definition) is 3. The van der Waals surface area contributed by atoms with E-state index in [4.69, 9.17) is 0 Å². The van der Waals surface area contributed by atoms with Crippen LogP contribution in [0.2, 0.25) is 0 Å². The van der Waals surface area contributed by atoms with Crippen LogP contribution in [0.5, 0.6) is 0 Å². The largest absolute Gasteiger partial charge is 0.337 e. The van der Waals surface area contributed by atoms with Crippen LogP contribution in [-0.4, -0.2) is 36.0 Å². The average Bonchev–Trinajstić information content (AvgIpc) is 3.14. The molecule has 2 fully saturated rings. The van der Waals surface area contributed by atoms with E-state index in [1.165, 1.54) is 19.3 Å². The van der Waals surface area contributed by atoms with E-state index in [1.54, 1.807) is 0 Å². The van der Waals surface area contributed by atoms with Gasteiger partial charge in [-0.15, -0.1) is 0 Å². The summed E-state index contributed by atoms with van der Waals surface area (Å²) >= 11 is 0. The summed E-state index contributed by atoms with van der Waals surface area (Å²) in [5, 5.41) is 12.1. The fourth-order valence-corrected chi connectivity index (χ4v) is 2.53. The van der Waals surface area contributed by atoms with Crippen LogP contribution in [-0.2, 0) is 4.79 Å². The molecular formula is C13H21N3O.